The predicted molar refractivity (Wildman–Crippen MR) is 125 cm³/mol. The number of carbonyl (C=O) groups is 1. The number of rotatable bonds is 6. The number of nitrogens with one attached hydrogen (secondary N) is 3. The van der Waals surface area contributed by atoms with E-state index in [1.165, 1.54) is 10.7 Å². The smallest absolute Gasteiger partial charge is 0.274 e. The summed E-state index contributed by atoms with van der Waals surface area (Å²) in [6.07, 6.45) is 5.33. The van der Waals surface area contributed by atoms with Gasteiger partial charge in [-0.1, -0.05) is 0 Å². The summed E-state index contributed by atoms with van der Waals surface area (Å²) in [6, 6.07) is 4.57. The van der Waals surface area contributed by atoms with E-state index in [2.05, 4.69) is 26.0 Å². The quantitative estimate of drug-likeness (QED) is 0.437. The molecule has 0 radical (unpaired) electrons. The third-order valence-corrected chi connectivity index (χ3v) is 6.56. The average molecular weight is 470 g/mol. The topological polar surface area (TPSA) is 126 Å². The van der Waals surface area contributed by atoms with Crippen molar-refractivity contribution in [1.29, 1.82) is 0 Å². The highest BCUT2D eigenvalue weighted by Crippen LogP contribution is 2.34. The van der Waals surface area contributed by atoms with Crippen LogP contribution in [0.15, 0.2) is 35.4 Å². The third kappa shape index (κ3) is 4.23. The fourth-order valence-electron chi connectivity index (χ4n) is 4.62. The highest BCUT2D eigenvalue weighted by Gasteiger charge is 2.39. The van der Waals surface area contributed by atoms with Gasteiger partial charge in [0.1, 0.15) is 29.1 Å². The minimum absolute atomic E-state index is 0.0896. The number of hydrogen-bond acceptors (Lipinski definition) is 7. The Hall–Kier alpha value is -3.47. The van der Waals surface area contributed by atoms with E-state index >= 15 is 0 Å². The number of halogens is 1. The van der Waals surface area contributed by atoms with Crippen molar-refractivity contribution < 1.29 is 14.3 Å². The molecule has 1 amide bonds. The Morgan fingerprint density at radius 1 is 1.38 bits per heavy atom. The second kappa shape index (κ2) is 8.39. The lowest BCUT2D eigenvalue weighted by molar-refractivity contribution is 0.00334. The van der Waals surface area contributed by atoms with Gasteiger partial charge >= 0.3 is 0 Å². The summed E-state index contributed by atoms with van der Waals surface area (Å²) < 4.78 is 16.4. The zero-order chi connectivity index (χ0) is 24.0. The molecule has 0 spiro atoms. The summed E-state index contributed by atoms with van der Waals surface area (Å²) in [5.41, 5.74) is -0.180. The molecular formula is C23H28FN7O3. The molecule has 2 aliphatic carbocycles. The van der Waals surface area contributed by atoms with Crippen LogP contribution in [0.5, 0.6) is 0 Å². The Kier molecular flexibility index (Phi) is 5.51. The van der Waals surface area contributed by atoms with Crippen LogP contribution in [0, 0.1) is 0 Å². The van der Waals surface area contributed by atoms with Crippen molar-refractivity contribution in [3.63, 3.8) is 0 Å². The number of amides is 1. The second-order valence-electron chi connectivity index (χ2n) is 9.41. The molecular weight excluding hydrogens is 441 g/mol. The number of anilines is 3. The molecule has 0 bridgehead atoms. The zero-order valence-corrected chi connectivity index (χ0v) is 19.1. The maximum Gasteiger partial charge on any atom is 0.274 e. The third-order valence-electron chi connectivity index (χ3n) is 6.56. The summed E-state index contributed by atoms with van der Waals surface area (Å²) in [6.45, 7) is 1.81. The summed E-state index contributed by atoms with van der Waals surface area (Å²) in [4.78, 5) is 30.4. The Bertz CT molecular complexity index is 1300. The molecule has 3 aromatic heterocycles. The molecule has 2 saturated carbocycles. The van der Waals surface area contributed by atoms with Gasteiger partial charge in [-0.15, -0.1) is 0 Å². The molecule has 11 heteroatoms. The van der Waals surface area contributed by atoms with Gasteiger partial charge in [-0.05, 0) is 44.7 Å². The van der Waals surface area contributed by atoms with E-state index in [-0.39, 0.29) is 22.8 Å². The number of aliphatic hydroxyl groups is 1. The molecule has 3 heterocycles. The molecule has 10 nitrogen and oxygen atoms in total. The summed E-state index contributed by atoms with van der Waals surface area (Å²) in [5, 5.41) is 23.4. The molecule has 2 aliphatic rings. The highest BCUT2D eigenvalue weighted by atomic mass is 19.1. The molecule has 0 aromatic carbocycles. The van der Waals surface area contributed by atoms with Crippen LogP contribution >= 0.6 is 0 Å². The van der Waals surface area contributed by atoms with Crippen LogP contribution in [-0.2, 0) is 0 Å². The van der Waals surface area contributed by atoms with E-state index in [4.69, 9.17) is 0 Å². The van der Waals surface area contributed by atoms with Crippen molar-refractivity contribution in [3.05, 3.63) is 46.5 Å². The highest BCUT2D eigenvalue weighted by molar-refractivity contribution is 6.00. The van der Waals surface area contributed by atoms with Gasteiger partial charge in [-0.25, -0.2) is 9.37 Å². The minimum atomic E-state index is -1.02. The van der Waals surface area contributed by atoms with Crippen LogP contribution in [0.2, 0.25) is 0 Å². The van der Waals surface area contributed by atoms with E-state index in [9.17, 15) is 19.1 Å². The summed E-state index contributed by atoms with van der Waals surface area (Å²) >= 11 is 0. The lowest BCUT2D eigenvalue weighted by atomic mass is 9.83. The number of nitrogens with zero attached hydrogens (tertiary/aromatic N) is 4. The van der Waals surface area contributed by atoms with Crippen molar-refractivity contribution >= 4 is 28.9 Å². The van der Waals surface area contributed by atoms with Gasteiger partial charge in [0.15, 0.2) is 5.65 Å². The first-order valence-electron chi connectivity index (χ1n) is 11.5. The largest absolute Gasteiger partial charge is 0.390 e. The van der Waals surface area contributed by atoms with Gasteiger partial charge in [0.05, 0.1) is 17.8 Å². The Labute approximate surface area is 195 Å². The SMILES string of the molecule is CNc1cc(Nc2cccn([C@@H]3CCC[C@](C)(O)C3)c2=O)nc2c(C(=O)N[C@@H]3C[C@@H]3F)cnn12. The van der Waals surface area contributed by atoms with Crippen molar-refractivity contribution in [2.45, 2.75) is 62.9 Å². The molecule has 4 N–H and O–H groups in total. The number of aromatic nitrogens is 4. The first-order valence-corrected chi connectivity index (χ1v) is 11.5. The first-order chi connectivity index (χ1) is 16.3. The van der Waals surface area contributed by atoms with Crippen molar-refractivity contribution in [2.75, 3.05) is 17.7 Å². The van der Waals surface area contributed by atoms with Gasteiger partial charge < -0.3 is 25.6 Å². The van der Waals surface area contributed by atoms with Gasteiger partial charge in [-0.3, -0.25) is 9.59 Å². The molecule has 4 atom stereocenters. The molecule has 0 saturated heterocycles. The first kappa shape index (κ1) is 22.3. The fraction of sp³-hybridized carbons (Fsp3) is 0.478. The van der Waals surface area contributed by atoms with E-state index < -0.39 is 23.7 Å². The molecule has 180 valence electrons. The number of carbonyl (C=O) groups excluding carboxylic acids is 1. The van der Waals surface area contributed by atoms with Crippen molar-refractivity contribution in [1.82, 2.24) is 24.5 Å². The van der Waals surface area contributed by atoms with Crippen LogP contribution in [0.3, 0.4) is 0 Å². The Morgan fingerprint density at radius 3 is 2.88 bits per heavy atom. The predicted octanol–water partition coefficient (Wildman–Crippen LogP) is 2.38. The fourth-order valence-corrected chi connectivity index (χ4v) is 4.62. The van der Waals surface area contributed by atoms with Crippen LogP contribution in [-0.4, -0.2) is 55.0 Å². The number of fused-ring (bicyclic) bond motifs is 1. The van der Waals surface area contributed by atoms with Crippen molar-refractivity contribution in [2.24, 2.45) is 0 Å². The lowest BCUT2D eigenvalue weighted by Gasteiger charge is -2.34. The van der Waals surface area contributed by atoms with Crippen LogP contribution in [0.1, 0.15) is 55.4 Å². The lowest BCUT2D eigenvalue weighted by Crippen LogP contribution is -2.36. The van der Waals surface area contributed by atoms with E-state index in [1.54, 1.807) is 42.9 Å². The van der Waals surface area contributed by atoms with Gasteiger partial charge in [0.2, 0.25) is 0 Å². The number of hydrogen-bond donors (Lipinski definition) is 4. The van der Waals surface area contributed by atoms with E-state index in [0.29, 0.717) is 30.2 Å². The van der Waals surface area contributed by atoms with Crippen LogP contribution < -0.4 is 21.5 Å². The van der Waals surface area contributed by atoms with Crippen molar-refractivity contribution in [3.8, 4) is 0 Å². The van der Waals surface area contributed by atoms with Gasteiger partial charge in [0.25, 0.3) is 11.5 Å². The van der Waals surface area contributed by atoms with Gasteiger partial charge in [-0.2, -0.15) is 9.61 Å². The maximum atomic E-state index is 13.2. The Balaban J connectivity index is 1.46. The standard InChI is InChI=1S/C23H28FN7O3/c1-23(34)7-3-5-13(11-23)30-8-4-6-16(22(30)33)27-18-10-19(25-2)31-20(29-18)14(12-26-31)21(32)28-17-9-15(17)24/h4,6,8,10,12-13,15,17,25,34H,3,5,7,9,11H2,1-2H3,(H,27,29)(H,28,32)/t13-,15+,17-,23+/m1/s1. The molecule has 2 fully saturated rings. The monoisotopic (exact) mass is 469 g/mol. The van der Waals surface area contributed by atoms with E-state index in [1.807, 2.05) is 0 Å². The van der Waals surface area contributed by atoms with E-state index in [0.717, 1.165) is 19.3 Å². The number of pyridine rings is 1. The van der Waals surface area contributed by atoms with Crippen LogP contribution in [0.25, 0.3) is 5.65 Å². The summed E-state index contributed by atoms with van der Waals surface area (Å²) in [5.74, 6) is 0.464. The molecule has 0 aliphatic heterocycles. The molecule has 5 rings (SSSR count). The molecule has 3 aromatic rings. The van der Waals surface area contributed by atoms with Gasteiger partial charge in [0, 0.05) is 31.8 Å². The zero-order valence-electron chi connectivity index (χ0n) is 19.1. The average Bonchev–Trinajstić information content (AvgIpc) is 3.31. The molecule has 0 unspecified atom stereocenters. The second-order valence-corrected chi connectivity index (χ2v) is 9.41. The molecule has 34 heavy (non-hydrogen) atoms. The normalized spacial score (nSPS) is 26.3. The minimum Gasteiger partial charge on any atom is -0.390 e. The van der Waals surface area contributed by atoms with Crippen LogP contribution in [0.4, 0.5) is 21.7 Å². The Morgan fingerprint density at radius 2 is 2.18 bits per heavy atom. The number of alkyl halides is 1. The summed E-state index contributed by atoms with van der Waals surface area (Å²) in [7, 11) is 1.71. The maximum absolute atomic E-state index is 13.2.